The summed E-state index contributed by atoms with van der Waals surface area (Å²) in [5.41, 5.74) is 6.50. The van der Waals surface area contributed by atoms with Crippen molar-refractivity contribution in [3.05, 3.63) is 83.1 Å². The fourth-order valence-corrected chi connectivity index (χ4v) is 4.03. The van der Waals surface area contributed by atoms with Crippen molar-refractivity contribution in [2.75, 3.05) is 0 Å². The number of rotatable bonds is 4. The van der Waals surface area contributed by atoms with Gasteiger partial charge >= 0.3 is 0 Å². The predicted octanol–water partition coefficient (Wildman–Crippen LogP) is 3.17. The molecule has 1 aliphatic rings. The second kappa shape index (κ2) is 7.00. The molecule has 1 saturated carbocycles. The van der Waals surface area contributed by atoms with Crippen LogP contribution >= 0.6 is 0 Å². The van der Waals surface area contributed by atoms with Crippen molar-refractivity contribution in [1.82, 2.24) is 24.8 Å². The van der Waals surface area contributed by atoms with E-state index in [9.17, 15) is 4.79 Å². The minimum atomic E-state index is -0.544. The molecule has 31 heavy (non-hydrogen) atoms. The zero-order valence-corrected chi connectivity index (χ0v) is 16.7. The van der Waals surface area contributed by atoms with Gasteiger partial charge in [-0.05, 0) is 55.7 Å². The maximum atomic E-state index is 11.6. The molecule has 0 radical (unpaired) electrons. The zero-order valence-electron chi connectivity index (χ0n) is 16.7. The first-order valence-electron chi connectivity index (χ1n) is 9.83. The third kappa shape index (κ3) is 3.03. The number of aryl methyl sites for hydroxylation is 1. The molecule has 8 nitrogen and oxygen atoms in total. The van der Waals surface area contributed by atoms with Crippen LogP contribution in [0.15, 0.2) is 54.9 Å². The van der Waals surface area contributed by atoms with Gasteiger partial charge in [0, 0.05) is 18.0 Å². The standard InChI is InChI=1S/C23H18N6O2/c1-14-20(29-11-7-15(13-24)12-19(29)26-14)18-6-10-25-22(27-18)23(8-9-23)17-4-2-16(3-5-17)21(30)28-31/h2-7,10-12,31H,8-9H2,1H3,(H,28,30). The van der Waals surface area contributed by atoms with Gasteiger partial charge in [0.05, 0.1) is 34.1 Å². The topological polar surface area (TPSA) is 116 Å². The molecule has 3 aromatic heterocycles. The van der Waals surface area contributed by atoms with Gasteiger partial charge < -0.3 is 0 Å². The molecule has 1 aromatic carbocycles. The molecule has 0 unspecified atom stereocenters. The van der Waals surface area contributed by atoms with Crippen LogP contribution in [0.2, 0.25) is 0 Å². The predicted molar refractivity (Wildman–Crippen MR) is 111 cm³/mol. The molecule has 5 rings (SSSR count). The van der Waals surface area contributed by atoms with E-state index in [1.165, 1.54) is 0 Å². The first-order chi connectivity index (χ1) is 15.1. The summed E-state index contributed by atoms with van der Waals surface area (Å²) in [7, 11) is 0. The van der Waals surface area contributed by atoms with Crippen molar-refractivity contribution in [2.45, 2.75) is 25.2 Å². The first-order valence-corrected chi connectivity index (χ1v) is 9.83. The maximum absolute atomic E-state index is 11.6. The molecule has 0 atom stereocenters. The SMILES string of the molecule is Cc1nc2cc(C#N)ccn2c1-c1ccnc(C2(c3ccc(C(=O)NO)cc3)CC2)n1. The van der Waals surface area contributed by atoms with Crippen LogP contribution in [0, 0.1) is 18.3 Å². The highest BCUT2D eigenvalue weighted by atomic mass is 16.5. The summed E-state index contributed by atoms with van der Waals surface area (Å²) in [6, 6.07) is 14.7. The summed E-state index contributed by atoms with van der Waals surface area (Å²) in [5.74, 6) is 0.185. The van der Waals surface area contributed by atoms with Gasteiger partial charge in [-0.3, -0.25) is 14.4 Å². The number of nitriles is 1. The van der Waals surface area contributed by atoms with E-state index in [2.05, 4.69) is 16.0 Å². The average molecular weight is 410 g/mol. The van der Waals surface area contributed by atoms with Crippen molar-refractivity contribution in [2.24, 2.45) is 0 Å². The number of hydrogen-bond acceptors (Lipinski definition) is 6. The largest absolute Gasteiger partial charge is 0.298 e. The Kier molecular flexibility index (Phi) is 4.27. The quantitative estimate of drug-likeness (QED) is 0.394. The Hall–Kier alpha value is -4.09. The Bertz CT molecular complexity index is 1360. The van der Waals surface area contributed by atoms with E-state index in [1.54, 1.807) is 35.9 Å². The summed E-state index contributed by atoms with van der Waals surface area (Å²) in [6.07, 6.45) is 5.43. The highest BCUT2D eigenvalue weighted by molar-refractivity contribution is 5.93. The molecule has 1 amide bonds. The third-order valence-electron chi connectivity index (χ3n) is 5.81. The number of amides is 1. The minimum Gasteiger partial charge on any atom is -0.298 e. The number of aromatic nitrogens is 4. The van der Waals surface area contributed by atoms with Crippen LogP contribution in [0.4, 0.5) is 0 Å². The average Bonchev–Trinajstić information content (AvgIpc) is 3.55. The minimum absolute atomic E-state index is 0.285. The molecule has 0 spiro atoms. The second-order valence-corrected chi connectivity index (χ2v) is 7.67. The summed E-state index contributed by atoms with van der Waals surface area (Å²) in [5, 5.41) is 18.0. The van der Waals surface area contributed by atoms with E-state index in [1.807, 2.05) is 35.7 Å². The Morgan fingerprint density at radius 2 is 1.97 bits per heavy atom. The van der Waals surface area contributed by atoms with E-state index in [0.717, 1.165) is 41.3 Å². The van der Waals surface area contributed by atoms with Gasteiger partial charge in [-0.25, -0.2) is 20.4 Å². The number of carbonyl (C=O) groups excluding carboxylic acids is 1. The Labute approximate surface area is 177 Å². The molecule has 8 heteroatoms. The summed E-state index contributed by atoms with van der Waals surface area (Å²) < 4.78 is 1.93. The molecule has 2 N–H and O–H groups in total. The van der Waals surface area contributed by atoms with Gasteiger partial charge in [-0.15, -0.1) is 0 Å². The smallest absolute Gasteiger partial charge is 0.274 e. The molecule has 1 aliphatic carbocycles. The highest BCUT2D eigenvalue weighted by Gasteiger charge is 2.48. The van der Waals surface area contributed by atoms with Crippen LogP contribution in [0.5, 0.6) is 0 Å². The fraction of sp³-hybridized carbons (Fsp3) is 0.174. The Balaban J connectivity index is 1.56. The number of nitrogens with zero attached hydrogens (tertiary/aromatic N) is 5. The maximum Gasteiger partial charge on any atom is 0.274 e. The molecule has 0 aliphatic heterocycles. The summed E-state index contributed by atoms with van der Waals surface area (Å²) in [4.78, 5) is 25.7. The van der Waals surface area contributed by atoms with Gasteiger partial charge in [0.2, 0.25) is 0 Å². The lowest BCUT2D eigenvalue weighted by molar-refractivity contribution is 0.0706. The van der Waals surface area contributed by atoms with Gasteiger partial charge in [0.15, 0.2) is 0 Å². The number of hydrogen-bond donors (Lipinski definition) is 2. The van der Waals surface area contributed by atoms with Crippen molar-refractivity contribution >= 4 is 11.6 Å². The Morgan fingerprint density at radius 1 is 1.19 bits per heavy atom. The summed E-state index contributed by atoms with van der Waals surface area (Å²) in [6.45, 7) is 1.92. The number of pyridine rings is 1. The zero-order chi connectivity index (χ0) is 21.6. The first kappa shape index (κ1) is 18.9. The van der Waals surface area contributed by atoms with E-state index in [4.69, 9.17) is 15.5 Å². The van der Waals surface area contributed by atoms with Crippen LogP contribution < -0.4 is 5.48 Å². The molecule has 4 aromatic rings. The van der Waals surface area contributed by atoms with Crippen LogP contribution in [0.25, 0.3) is 17.0 Å². The third-order valence-corrected chi connectivity index (χ3v) is 5.81. The van der Waals surface area contributed by atoms with Crippen LogP contribution in [0.3, 0.4) is 0 Å². The van der Waals surface area contributed by atoms with E-state index < -0.39 is 5.91 Å². The van der Waals surface area contributed by atoms with Crippen molar-refractivity contribution in [1.29, 1.82) is 5.26 Å². The molecule has 152 valence electrons. The second-order valence-electron chi connectivity index (χ2n) is 7.67. The van der Waals surface area contributed by atoms with E-state index >= 15 is 0 Å². The van der Waals surface area contributed by atoms with Gasteiger partial charge in [0.25, 0.3) is 5.91 Å². The number of hydroxylamine groups is 1. The number of imidazole rings is 1. The van der Waals surface area contributed by atoms with E-state index in [-0.39, 0.29) is 5.41 Å². The number of fused-ring (bicyclic) bond motifs is 1. The lowest BCUT2D eigenvalue weighted by atomic mass is 9.93. The highest BCUT2D eigenvalue weighted by Crippen LogP contribution is 2.52. The molecular formula is C23H18N6O2. The normalized spacial score (nSPS) is 14.2. The molecule has 0 saturated heterocycles. The van der Waals surface area contributed by atoms with E-state index in [0.29, 0.717) is 16.8 Å². The summed E-state index contributed by atoms with van der Waals surface area (Å²) >= 11 is 0. The number of nitrogens with one attached hydrogen (secondary N) is 1. The van der Waals surface area contributed by atoms with Gasteiger partial charge in [-0.2, -0.15) is 5.26 Å². The molecule has 3 heterocycles. The lowest BCUT2D eigenvalue weighted by Gasteiger charge is -2.15. The van der Waals surface area contributed by atoms with Crippen LogP contribution in [-0.2, 0) is 5.41 Å². The number of carbonyl (C=O) groups is 1. The van der Waals surface area contributed by atoms with Crippen molar-refractivity contribution in [3.8, 4) is 17.5 Å². The molecule has 0 bridgehead atoms. The fourth-order valence-electron chi connectivity index (χ4n) is 4.03. The lowest BCUT2D eigenvalue weighted by Crippen LogP contribution is -2.19. The monoisotopic (exact) mass is 410 g/mol. The molecule has 1 fully saturated rings. The van der Waals surface area contributed by atoms with Gasteiger partial charge in [-0.1, -0.05) is 12.1 Å². The van der Waals surface area contributed by atoms with Gasteiger partial charge in [0.1, 0.15) is 11.5 Å². The van der Waals surface area contributed by atoms with Crippen LogP contribution in [0.1, 0.15) is 45.8 Å². The molecular weight excluding hydrogens is 392 g/mol. The number of benzene rings is 1. The van der Waals surface area contributed by atoms with Crippen LogP contribution in [-0.4, -0.2) is 30.5 Å². The van der Waals surface area contributed by atoms with Crippen molar-refractivity contribution in [3.63, 3.8) is 0 Å². The Morgan fingerprint density at radius 3 is 2.65 bits per heavy atom. The van der Waals surface area contributed by atoms with Crippen molar-refractivity contribution < 1.29 is 10.0 Å².